The highest BCUT2D eigenvalue weighted by molar-refractivity contribution is 6.36. The highest BCUT2D eigenvalue weighted by Gasteiger charge is 2.74. The standard InChI is InChI=1S/C43H36F6N2O8.C39H28F6N2O8/c1-21-9-10-22(17-31(21)58-37(56)39(2,3)4)23-11-16-30(32(18-23)59-38(57)40(5,6)7)51-35(54)27-15-13-25(20-29(27)36(51)55)41(42(44,45)46,43(47,48)49)24-12-14-26-28(19-24)34(53)50(8)33(26)52;1-5-31(48)54-29-15-20(8-7-19(29)3)21-9-14-28(30(16-21)55-32(49)6-2)47-35(52)25-13-11-23(18-27(25)36(47)53)37(38(40,41)42,39(43,44)45)22-10-12-24-26(17-22)34(51)46(4)33(24)50/h9-20H,1-8H3;7-18H,5-6H2,1-4H3. The molecule has 32 heteroatoms. The molecule has 0 saturated heterocycles. The Morgan fingerprint density at radius 2 is 0.544 bits per heavy atom. The zero-order valence-corrected chi connectivity index (χ0v) is 62.1. The van der Waals surface area contributed by atoms with E-state index in [-0.39, 0.29) is 47.2 Å². The van der Waals surface area contributed by atoms with Gasteiger partial charge in [0.2, 0.25) is 10.8 Å². The van der Waals surface area contributed by atoms with Gasteiger partial charge in [-0.25, -0.2) is 9.80 Å². The minimum atomic E-state index is -6.15. The Morgan fingerprint density at radius 3 is 0.842 bits per heavy atom. The molecule has 8 aromatic rings. The van der Waals surface area contributed by atoms with Crippen molar-refractivity contribution in [3.63, 3.8) is 0 Å². The summed E-state index contributed by atoms with van der Waals surface area (Å²) in [6.07, 6.45) is -24.6. The molecule has 0 bridgehead atoms. The number of imide groups is 4. The van der Waals surface area contributed by atoms with Crippen LogP contribution in [-0.2, 0) is 30.0 Å². The highest BCUT2D eigenvalue weighted by Crippen LogP contribution is 2.59. The summed E-state index contributed by atoms with van der Waals surface area (Å²) in [4.78, 5) is 158. The highest BCUT2D eigenvalue weighted by atomic mass is 19.4. The zero-order valence-electron chi connectivity index (χ0n) is 62.1. The number of carbonyl (C=O) groups excluding carboxylic acids is 12. The first-order valence-electron chi connectivity index (χ1n) is 34.5. The number of amides is 8. The van der Waals surface area contributed by atoms with Crippen LogP contribution in [0.4, 0.5) is 64.1 Å². The molecular formula is C82H64F12N4O16. The summed E-state index contributed by atoms with van der Waals surface area (Å²) in [6, 6.07) is 23.4. The number of halogens is 12. The predicted molar refractivity (Wildman–Crippen MR) is 382 cm³/mol. The Hall–Kier alpha value is -12.6. The van der Waals surface area contributed by atoms with Crippen molar-refractivity contribution in [2.45, 2.75) is 118 Å². The zero-order chi connectivity index (χ0) is 84.3. The van der Waals surface area contributed by atoms with E-state index in [4.69, 9.17) is 18.9 Å². The van der Waals surface area contributed by atoms with E-state index in [0.29, 0.717) is 126 Å². The Labute approximate surface area is 640 Å². The SMILES string of the molecule is CCC(=O)Oc1cc(-c2ccc(N3C(=O)c4ccc(C(c5ccc6c(c5)C(=O)N(C)C6=O)(C(F)(F)F)C(F)(F)F)cc4C3=O)c(OC(=O)CC)c2)ccc1C.Cc1ccc(-c2ccc(N3C(=O)c4ccc(C(c5ccc6c(c5)C(=O)N(C)C6=O)(C(F)(F)F)C(F)(F)F)cc4C3=O)c(OC(=O)C(C)(C)C)c2)cc1OC(=O)C(C)(C)C. The topological polar surface area (TPSA) is 255 Å². The van der Waals surface area contributed by atoms with E-state index in [2.05, 4.69) is 0 Å². The minimum absolute atomic E-state index is 0.0969. The number of nitrogens with zero attached hydrogens (tertiary/aromatic N) is 4. The Bertz CT molecular complexity index is 5500. The number of esters is 4. The van der Waals surface area contributed by atoms with Gasteiger partial charge in [0.25, 0.3) is 47.3 Å². The van der Waals surface area contributed by atoms with Crippen molar-refractivity contribution in [2.75, 3.05) is 23.9 Å². The summed E-state index contributed by atoms with van der Waals surface area (Å²) in [6.45, 7) is 16.1. The summed E-state index contributed by atoms with van der Waals surface area (Å²) in [7, 11) is 2.04. The summed E-state index contributed by atoms with van der Waals surface area (Å²) >= 11 is 0. The maximum absolute atomic E-state index is 15.2. The van der Waals surface area contributed by atoms with Gasteiger partial charge in [-0.05, 0) is 196 Å². The molecule has 0 radical (unpaired) electrons. The lowest BCUT2D eigenvalue weighted by Crippen LogP contribution is -2.55. The predicted octanol–water partition coefficient (Wildman–Crippen LogP) is 16.7. The van der Waals surface area contributed by atoms with Crippen LogP contribution in [0.5, 0.6) is 23.0 Å². The molecule has 4 aliphatic heterocycles. The maximum atomic E-state index is 15.2. The number of rotatable bonds is 14. The molecule has 0 atom stereocenters. The van der Waals surface area contributed by atoms with Crippen molar-refractivity contribution in [2.24, 2.45) is 10.8 Å². The fourth-order valence-electron chi connectivity index (χ4n) is 13.1. The molecule has 0 saturated carbocycles. The van der Waals surface area contributed by atoms with E-state index < -0.39 is 184 Å². The first kappa shape index (κ1) is 82.3. The van der Waals surface area contributed by atoms with Crippen LogP contribution in [0.2, 0.25) is 0 Å². The van der Waals surface area contributed by atoms with Crippen LogP contribution in [0.25, 0.3) is 22.3 Å². The van der Waals surface area contributed by atoms with Crippen LogP contribution in [0.15, 0.2) is 146 Å². The third-order valence-corrected chi connectivity index (χ3v) is 19.5. The number of ether oxygens (including phenoxy) is 4. The average Bonchev–Trinajstić information content (AvgIpc) is 1.28. The Balaban J connectivity index is 0.000000225. The number of fused-ring (bicyclic) bond motifs is 4. The Morgan fingerprint density at radius 1 is 0.307 bits per heavy atom. The van der Waals surface area contributed by atoms with E-state index in [1.165, 1.54) is 70.2 Å². The van der Waals surface area contributed by atoms with Crippen LogP contribution in [0.1, 0.15) is 184 Å². The molecule has 0 aliphatic carbocycles. The van der Waals surface area contributed by atoms with Crippen molar-refractivity contribution in [3.05, 3.63) is 223 Å². The lowest BCUT2D eigenvalue weighted by atomic mass is 9.71. The second kappa shape index (κ2) is 28.8. The monoisotopic (exact) mass is 1590 g/mol. The van der Waals surface area contributed by atoms with E-state index in [0.717, 1.165) is 14.1 Å². The maximum Gasteiger partial charge on any atom is 0.411 e. The average molecular weight is 1590 g/mol. The van der Waals surface area contributed by atoms with Crippen molar-refractivity contribution in [1.82, 2.24) is 9.80 Å². The van der Waals surface area contributed by atoms with Crippen molar-refractivity contribution in [3.8, 4) is 45.3 Å². The summed E-state index contributed by atoms with van der Waals surface area (Å²) < 4.78 is 204. The third kappa shape index (κ3) is 13.9. The molecular weight excluding hydrogens is 1520 g/mol. The van der Waals surface area contributed by atoms with E-state index in [1.807, 2.05) is 0 Å². The van der Waals surface area contributed by atoms with Crippen molar-refractivity contribution < 1.29 is 129 Å². The van der Waals surface area contributed by atoms with Crippen LogP contribution < -0.4 is 28.7 Å². The molecule has 0 spiro atoms. The number of hydrogen-bond acceptors (Lipinski definition) is 16. The fraction of sp³-hybridized carbons (Fsp3) is 0.268. The van der Waals surface area contributed by atoms with E-state index in [1.54, 1.807) is 71.9 Å². The second-order valence-corrected chi connectivity index (χ2v) is 29.0. The van der Waals surface area contributed by atoms with Gasteiger partial charge >= 0.3 is 48.6 Å². The van der Waals surface area contributed by atoms with Gasteiger partial charge < -0.3 is 18.9 Å². The summed E-state index contributed by atoms with van der Waals surface area (Å²) in [5.41, 5.74) is -20.3. The lowest BCUT2D eigenvalue weighted by molar-refractivity contribution is -0.290. The number of aryl methyl sites for hydroxylation is 2. The molecule has 20 nitrogen and oxygen atoms in total. The van der Waals surface area contributed by atoms with E-state index >= 15 is 52.7 Å². The van der Waals surface area contributed by atoms with Gasteiger partial charge in [-0.2, -0.15) is 52.7 Å². The van der Waals surface area contributed by atoms with Gasteiger partial charge in [0, 0.05) is 26.9 Å². The molecule has 4 aliphatic rings. The summed E-state index contributed by atoms with van der Waals surface area (Å²) in [5, 5.41) is 0. The first-order chi connectivity index (χ1) is 52.9. The van der Waals surface area contributed by atoms with Gasteiger partial charge in [0.1, 0.15) is 11.5 Å². The van der Waals surface area contributed by atoms with Crippen LogP contribution in [0.3, 0.4) is 0 Å². The van der Waals surface area contributed by atoms with Gasteiger partial charge in [0.15, 0.2) is 11.5 Å². The quantitative estimate of drug-likeness (QED) is 0.0424. The molecule has 114 heavy (non-hydrogen) atoms. The molecule has 0 aromatic heterocycles. The molecule has 8 amide bonds. The van der Waals surface area contributed by atoms with Crippen LogP contribution in [0, 0.1) is 24.7 Å². The molecule has 592 valence electrons. The number of alkyl halides is 12. The van der Waals surface area contributed by atoms with Gasteiger partial charge in [0.05, 0.1) is 66.7 Å². The fourth-order valence-corrected chi connectivity index (χ4v) is 13.1. The Kier molecular flexibility index (Phi) is 20.8. The third-order valence-electron chi connectivity index (χ3n) is 19.5. The number of hydrogen-bond donors (Lipinski definition) is 0. The number of benzene rings is 8. The van der Waals surface area contributed by atoms with E-state index in [9.17, 15) is 57.5 Å². The molecule has 0 N–H and O–H groups in total. The summed E-state index contributed by atoms with van der Waals surface area (Å²) in [5.74, 6) is -11.9. The number of anilines is 2. The van der Waals surface area contributed by atoms with Gasteiger partial charge in [-0.1, -0.05) is 74.5 Å². The van der Waals surface area contributed by atoms with Crippen LogP contribution in [-0.4, -0.2) is 120 Å². The molecule has 12 rings (SSSR count). The number of carbonyl (C=O) groups is 12. The van der Waals surface area contributed by atoms with Crippen molar-refractivity contribution >= 4 is 82.5 Å². The lowest BCUT2D eigenvalue weighted by Gasteiger charge is -2.38. The van der Waals surface area contributed by atoms with Gasteiger partial charge in [-0.15, -0.1) is 0 Å². The molecule has 8 aromatic carbocycles. The molecule has 0 unspecified atom stereocenters. The minimum Gasteiger partial charge on any atom is -0.426 e. The normalized spacial score (nSPS) is 14.6. The smallest absolute Gasteiger partial charge is 0.411 e. The molecule has 4 heterocycles. The van der Waals surface area contributed by atoms with Crippen molar-refractivity contribution in [1.29, 1.82) is 0 Å². The first-order valence-corrected chi connectivity index (χ1v) is 34.5. The van der Waals surface area contributed by atoms with Gasteiger partial charge in [-0.3, -0.25) is 67.3 Å². The largest absolute Gasteiger partial charge is 0.426 e. The van der Waals surface area contributed by atoms with Crippen LogP contribution >= 0.6 is 0 Å². The molecule has 0 fully saturated rings. The second-order valence-electron chi connectivity index (χ2n) is 29.0.